The van der Waals surface area contributed by atoms with E-state index in [0.29, 0.717) is 5.92 Å². The Hall–Kier alpha value is -3.13. The second kappa shape index (κ2) is 13.1. The first-order valence-corrected chi connectivity index (χ1v) is 13.5. The SMILES string of the molecule is CCCCCCCCn1cc(CC(C)c2ccccc2)[n+](-c2ccccc2)c1Cc1ccccc1. The lowest BCUT2D eigenvalue weighted by Crippen LogP contribution is -2.39. The molecular formula is C33H41N2+. The third kappa shape index (κ3) is 6.94. The first kappa shape index (κ1) is 25.0. The summed E-state index contributed by atoms with van der Waals surface area (Å²) in [6.07, 6.45) is 12.3. The summed E-state index contributed by atoms with van der Waals surface area (Å²) < 4.78 is 5.08. The lowest BCUT2D eigenvalue weighted by molar-refractivity contribution is -0.612. The van der Waals surface area contributed by atoms with E-state index in [1.54, 1.807) is 0 Å². The molecule has 2 nitrogen and oxygen atoms in total. The molecule has 0 radical (unpaired) electrons. The number of nitrogens with zero attached hydrogens (tertiary/aromatic N) is 2. The fraction of sp³-hybridized carbons (Fsp3) is 0.364. The number of rotatable bonds is 13. The summed E-state index contributed by atoms with van der Waals surface area (Å²) >= 11 is 0. The van der Waals surface area contributed by atoms with Gasteiger partial charge in [0.2, 0.25) is 0 Å². The van der Waals surface area contributed by atoms with Crippen LogP contribution in [0, 0.1) is 0 Å². The van der Waals surface area contributed by atoms with Crippen molar-refractivity contribution in [3.8, 4) is 5.69 Å². The summed E-state index contributed by atoms with van der Waals surface area (Å²) in [6.45, 7) is 5.73. The van der Waals surface area contributed by atoms with Crippen molar-refractivity contribution < 1.29 is 4.57 Å². The normalized spacial score (nSPS) is 12.1. The van der Waals surface area contributed by atoms with Crippen molar-refractivity contribution in [3.63, 3.8) is 0 Å². The number of imidazole rings is 1. The topological polar surface area (TPSA) is 8.81 Å². The minimum Gasteiger partial charge on any atom is -0.233 e. The largest absolute Gasteiger partial charge is 0.266 e. The monoisotopic (exact) mass is 465 g/mol. The van der Waals surface area contributed by atoms with E-state index < -0.39 is 0 Å². The predicted octanol–water partition coefficient (Wildman–Crippen LogP) is 8.06. The molecule has 0 fully saturated rings. The lowest BCUT2D eigenvalue weighted by Gasteiger charge is -2.11. The Balaban J connectivity index is 1.68. The van der Waals surface area contributed by atoms with Crippen molar-refractivity contribution in [2.24, 2.45) is 0 Å². The van der Waals surface area contributed by atoms with Crippen molar-refractivity contribution in [2.45, 2.75) is 77.7 Å². The second-order valence-corrected chi connectivity index (χ2v) is 9.85. The Morgan fingerprint density at radius 3 is 2.00 bits per heavy atom. The van der Waals surface area contributed by atoms with E-state index in [1.807, 2.05) is 0 Å². The molecule has 1 aromatic heterocycles. The van der Waals surface area contributed by atoms with Gasteiger partial charge in [0, 0.05) is 6.42 Å². The van der Waals surface area contributed by atoms with Crippen molar-refractivity contribution in [1.82, 2.24) is 4.57 Å². The maximum Gasteiger partial charge on any atom is 0.266 e. The van der Waals surface area contributed by atoms with Gasteiger partial charge in [-0.3, -0.25) is 0 Å². The molecule has 3 aromatic carbocycles. The second-order valence-electron chi connectivity index (χ2n) is 9.85. The van der Waals surface area contributed by atoms with Crippen LogP contribution in [0.2, 0.25) is 0 Å². The molecule has 1 unspecified atom stereocenters. The highest BCUT2D eigenvalue weighted by molar-refractivity contribution is 5.26. The standard InChI is InChI=1S/C33H41N2/c1-3-4-5-6-7-17-24-34-27-32(25-28(2)30-20-13-9-14-21-30)35(31-22-15-10-16-23-31)33(34)26-29-18-11-8-12-19-29/h8-16,18-23,27-28H,3-7,17,24-26H2,1-2H3/q+1. The molecular weight excluding hydrogens is 424 g/mol. The van der Waals surface area contributed by atoms with Gasteiger partial charge >= 0.3 is 0 Å². The van der Waals surface area contributed by atoms with E-state index in [9.17, 15) is 0 Å². The van der Waals surface area contributed by atoms with Gasteiger partial charge in [-0.05, 0) is 42.0 Å². The molecule has 0 aliphatic carbocycles. The fourth-order valence-electron chi connectivity index (χ4n) is 5.07. The molecule has 4 rings (SSSR count). The van der Waals surface area contributed by atoms with Crippen molar-refractivity contribution in [3.05, 3.63) is 120 Å². The van der Waals surface area contributed by atoms with Gasteiger partial charge in [0.25, 0.3) is 5.82 Å². The van der Waals surface area contributed by atoms with Gasteiger partial charge in [-0.2, -0.15) is 4.57 Å². The Morgan fingerprint density at radius 2 is 1.31 bits per heavy atom. The van der Waals surface area contributed by atoms with E-state index in [4.69, 9.17) is 0 Å². The van der Waals surface area contributed by atoms with Gasteiger partial charge in [0.05, 0.1) is 13.0 Å². The molecule has 0 aliphatic heterocycles. The van der Waals surface area contributed by atoms with E-state index in [2.05, 4.69) is 120 Å². The molecule has 1 atom stereocenters. The zero-order chi connectivity index (χ0) is 24.3. The van der Waals surface area contributed by atoms with Gasteiger partial charge in [0.15, 0.2) is 0 Å². The number of hydrogen-bond donors (Lipinski definition) is 0. The van der Waals surface area contributed by atoms with E-state index >= 15 is 0 Å². The van der Waals surface area contributed by atoms with Gasteiger partial charge in [-0.15, -0.1) is 0 Å². The molecule has 35 heavy (non-hydrogen) atoms. The highest BCUT2D eigenvalue weighted by Gasteiger charge is 2.26. The number of unbranched alkanes of at least 4 members (excludes halogenated alkanes) is 5. The number of benzene rings is 3. The van der Waals surface area contributed by atoms with Crippen molar-refractivity contribution >= 4 is 0 Å². The van der Waals surface area contributed by atoms with Crippen LogP contribution in [0.25, 0.3) is 5.69 Å². The third-order valence-corrected chi connectivity index (χ3v) is 7.04. The molecule has 0 spiro atoms. The zero-order valence-electron chi connectivity index (χ0n) is 21.6. The zero-order valence-corrected chi connectivity index (χ0v) is 21.6. The quantitative estimate of drug-likeness (QED) is 0.139. The van der Waals surface area contributed by atoms with Crippen LogP contribution in [-0.4, -0.2) is 4.57 Å². The molecule has 1 heterocycles. The van der Waals surface area contributed by atoms with Crippen LogP contribution in [0.5, 0.6) is 0 Å². The molecule has 4 aromatic rings. The Labute approximate surface area is 212 Å². The van der Waals surface area contributed by atoms with Gasteiger partial charge in [0.1, 0.15) is 17.6 Å². The van der Waals surface area contributed by atoms with Crippen LogP contribution >= 0.6 is 0 Å². The smallest absolute Gasteiger partial charge is 0.233 e. The summed E-state index contributed by atoms with van der Waals surface area (Å²) in [6, 6.07) is 32.8. The summed E-state index contributed by atoms with van der Waals surface area (Å²) in [4.78, 5) is 0. The average molecular weight is 466 g/mol. The number of aromatic nitrogens is 2. The number of hydrogen-bond acceptors (Lipinski definition) is 0. The molecule has 0 saturated carbocycles. The molecule has 0 aliphatic rings. The van der Waals surface area contributed by atoms with E-state index in [-0.39, 0.29) is 0 Å². The van der Waals surface area contributed by atoms with Gasteiger partial charge in [-0.25, -0.2) is 4.57 Å². The summed E-state index contributed by atoms with van der Waals surface area (Å²) in [5, 5.41) is 0. The highest BCUT2D eigenvalue weighted by Crippen LogP contribution is 2.22. The Bertz CT molecular complexity index is 1130. The lowest BCUT2D eigenvalue weighted by atomic mass is 9.96. The first-order chi connectivity index (χ1) is 17.3. The Kier molecular flexibility index (Phi) is 9.34. The van der Waals surface area contributed by atoms with Gasteiger partial charge < -0.3 is 0 Å². The fourth-order valence-corrected chi connectivity index (χ4v) is 5.07. The molecule has 0 amide bonds. The minimum atomic E-state index is 0.459. The van der Waals surface area contributed by atoms with E-state index in [1.165, 1.54) is 66.9 Å². The molecule has 0 saturated heterocycles. The highest BCUT2D eigenvalue weighted by atomic mass is 15.2. The maximum atomic E-state index is 2.55. The number of aryl methyl sites for hydroxylation is 1. The first-order valence-electron chi connectivity index (χ1n) is 13.5. The maximum absolute atomic E-state index is 2.55. The summed E-state index contributed by atoms with van der Waals surface area (Å²) in [5.74, 6) is 1.84. The van der Waals surface area contributed by atoms with Gasteiger partial charge in [-0.1, -0.05) is 118 Å². The minimum absolute atomic E-state index is 0.459. The van der Waals surface area contributed by atoms with Crippen LogP contribution in [0.15, 0.2) is 97.2 Å². The van der Waals surface area contributed by atoms with Crippen LogP contribution < -0.4 is 4.57 Å². The summed E-state index contributed by atoms with van der Waals surface area (Å²) in [5.41, 5.74) is 5.42. The summed E-state index contributed by atoms with van der Waals surface area (Å²) in [7, 11) is 0. The molecule has 2 heteroatoms. The molecule has 0 N–H and O–H groups in total. The Morgan fingerprint density at radius 1 is 0.714 bits per heavy atom. The van der Waals surface area contributed by atoms with Crippen LogP contribution in [-0.2, 0) is 19.4 Å². The van der Waals surface area contributed by atoms with E-state index in [0.717, 1.165) is 19.4 Å². The predicted molar refractivity (Wildman–Crippen MR) is 147 cm³/mol. The van der Waals surface area contributed by atoms with Crippen molar-refractivity contribution in [2.75, 3.05) is 0 Å². The van der Waals surface area contributed by atoms with Crippen LogP contribution in [0.3, 0.4) is 0 Å². The number of para-hydroxylation sites is 1. The van der Waals surface area contributed by atoms with Crippen molar-refractivity contribution in [1.29, 1.82) is 0 Å². The van der Waals surface area contributed by atoms with Crippen LogP contribution in [0.1, 0.15) is 80.9 Å². The average Bonchev–Trinajstić information content (AvgIpc) is 3.23. The molecule has 182 valence electrons. The van der Waals surface area contributed by atoms with Crippen LogP contribution in [0.4, 0.5) is 0 Å². The molecule has 0 bridgehead atoms. The third-order valence-electron chi connectivity index (χ3n) is 7.04.